The normalized spacial score (nSPS) is 22.0. The third-order valence-electron chi connectivity index (χ3n) is 5.10. The first kappa shape index (κ1) is 18.6. The van der Waals surface area contributed by atoms with Crippen LogP contribution in [-0.4, -0.2) is 24.9 Å². The molecule has 1 aromatic heterocycles. The van der Waals surface area contributed by atoms with Crippen molar-refractivity contribution in [1.82, 2.24) is 5.32 Å². The quantitative estimate of drug-likeness (QED) is 0.651. The van der Waals surface area contributed by atoms with Crippen molar-refractivity contribution < 1.29 is 14.2 Å². The lowest BCUT2D eigenvalue weighted by Crippen LogP contribution is -2.59. The van der Waals surface area contributed by atoms with Gasteiger partial charge in [-0.15, -0.1) is 0 Å². The van der Waals surface area contributed by atoms with Gasteiger partial charge in [-0.25, -0.2) is 0 Å². The number of carbonyl (C=O) groups excluding carboxylic acids is 2. The van der Waals surface area contributed by atoms with Gasteiger partial charge in [0.05, 0.1) is 12.0 Å². The van der Waals surface area contributed by atoms with E-state index in [1.165, 1.54) is 0 Å². The minimum Gasteiger partial charge on any atom is -0.372 e. The molecule has 1 aliphatic rings. The summed E-state index contributed by atoms with van der Waals surface area (Å²) in [5.41, 5.74) is 1.88. The number of rotatable bonds is 5. The highest BCUT2D eigenvalue weighted by molar-refractivity contribution is 6.02. The van der Waals surface area contributed by atoms with E-state index >= 15 is 0 Å². The average Bonchev–Trinajstić information content (AvgIpc) is 2.69. The predicted octanol–water partition coefficient (Wildman–Crippen LogP) is 1.94. The maximum atomic E-state index is 12.6. The number of carbonyl (C=O) groups is 2. The molecule has 3 rings (SSSR count). The smallest absolute Gasteiger partial charge is 0.296 e. The molecule has 2 aromatic rings. The zero-order chi connectivity index (χ0) is 19.4. The zero-order valence-corrected chi connectivity index (χ0v) is 15.5. The van der Waals surface area contributed by atoms with E-state index in [1.54, 1.807) is 17.0 Å². The Bertz CT molecular complexity index is 854. The summed E-state index contributed by atoms with van der Waals surface area (Å²) in [5, 5.41) is 12.0. The Hall–Kier alpha value is -3.20. The van der Waals surface area contributed by atoms with E-state index in [2.05, 4.69) is 30.1 Å². The highest BCUT2D eigenvalue weighted by Gasteiger charge is 2.50. The summed E-state index contributed by atoms with van der Waals surface area (Å²) in [5.74, 6) is -2.40. The Labute approximate surface area is 159 Å². The molecule has 0 saturated carbocycles. The van der Waals surface area contributed by atoms with Crippen LogP contribution in [0.3, 0.4) is 0 Å². The van der Waals surface area contributed by atoms with E-state index < -0.39 is 23.8 Å². The van der Waals surface area contributed by atoms with E-state index in [-0.39, 0.29) is 5.91 Å². The number of hydrogen-bond acceptors (Lipinski definition) is 4. The molecule has 0 bridgehead atoms. The van der Waals surface area contributed by atoms with Crippen LogP contribution < -0.4 is 14.8 Å². The lowest BCUT2D eigenvalue weighted by molar-refractivity contribution is -0.713. The summed E-state index contributed by atoms with van der Waals surface area (Å²) in [4.78, 5) is 27.2. The molecule has 138 valence electrons. The summed E-state index contributed by atoms with van der Waals surface area (Å²) in [7, 11) is 0. The SMILES string of the molecule is CCN(CC)c1ccc([C@@H]2[C@@H](C#N)C(=O)NC(=O)[C@@H]2[n+]2ccccc2)cc1. The van der Waals surface area contributed by atoms with Gasteiger partial charge in [0.15, 0.2) is 12.4 Å². The van der Waals surface area contributed by atoms with Crippen molar-refractivity contribution in [3.8, 4) is 6.07 Å². The van der Waals surface area contributed by atoms with Crippen LogP contribution in [-0.2, 0) is 9.59 Å². The van der Waals surface area contributed by atoms with Crippen molar-refractivity contribution in [2.45, 2.75) is 25.8 Å². The molecular weight excluding hydrogens is 340 g/mol. The summed E-state index contributed by atoms with van der Waals surface area (Å²) in [6.45, 7) is 5.97. The molecule has 0 unspecified atom stereocenters. The molecule has 27 heavy (non-hydrogen) atoms. The van der Waals surface area contributed by atoms with Gasteiger partial charge in [0, 0.05) is 30.9 Å². The first-order valence-electron chi connectivity index (χ1n) is 9.15. The van der Waals surface area contributed by atoms with Crippen LogP contribution in [0.1, 0.15) is 31.4 Å². The molecule has 1 aromatic carbocycles. The average molecular weight is 363 g/mol. The molecule has 0 aliphatic carbocycles. The lowest BCUT2D eigenvalue weighted by atomic mass is 9.77. The van der Waals surface area contributed by atoms with E-state index in [1.807, 2.05) is 42.5 Å². The number of hydrogen-bond donors (Lipinski definition) is 1. The van der Waals surface area contributed by atoms with Gasteiger partial charge < -0.3 is 4.90 Å². The minimum atomic E-state index is -0.931. The van der Waals surface area contributed by atoms with Crippen LogP contribution >= 0.6 is 0 Å². The van der Waals surface area contributed by atoms with Crippen LogP contribution in [0.4, 0.5) is 5.69 Å². The second kappa shape index (κ2) is 8.00. The first-order valence-corrected chi connectivity index (χ1v) is 9.15. The maximum absolute atomic E-state index is 12.6. The maximum Gasteiger partial charge on any atom is 0.296 e. The Morgan fingerprint density at radius 3 is 2.22 bits per heavy atom. The fourth-order valence-electron chi connectivity index (χ4n) is 3.71. The number of benzene rings is 1. The van der Waals surface area contributed by atoms with Gasteiger partial charge in [-0.1, -0.05) is 18.2 Å². The fourth-order valence-corrected chi connectivity index (χ4v) is 3.71. The Kier molecular flexibility index (Phi) is 5.51. The van der Waals surface area contributed by atoms with Gasteiger partial charge in [0.2, 0.25) is 11.9 Å². The number of aromatic nitrogens is 1. The van der Waals surface area contributed by atoms with Crippen molar-refractivity contribution in [3.63, 3.8) is 0 Å². The monoisotopic (exact) mass is 363 g/mol. The van der Waals surface area contributed by atoms with Gasteiger partial charge in [0.1, 0.15) is 5.92 Å². The molecular formula is C21H23N4O2+. The molecule has 6 heteroatoms. The third-order valence-corrected chi connectivity index (χ3v) is 5.10. The topological polar surface area (TPSA) is 77.1 Å². The standard InChI is InChI=1S/C21H22N4O2/c1-3-24(4-2)16-10-8-15(9-11-16)18-17(14-22)20(26)23-21(27)19(18)25-12-6-5-7-13-25/h5-13,17-19H,3-4H2,1-2H3/p+1/t17-,18-,19-/m1/s1. The number of nitrogens with zero attached hydrogens (tertiary/aromatic N) is 3. The summed E-state index contributed by atoms with van der Waals surface area (Å²) >= 11 is 0. The second-order valence-corrected chi connectivity index (χ2v) is 6.52. The van der Waals surface area contributed by atoms with Gasteiger partial charge in [-0.05, 0) is 31.5 Å². The number of anilines is 1. The van der Waals surface area contributed by atoms with Crippen LogP contribution in [0, 0.1) is 17.2 Å². The molecule has 2 heterocycles. The second-order valence-electron chi connectivity index (χ2n) is 6.52. The van der Waals surface area contributed by atoms with Gasteiger partial charge in [-0.3, -0.25) is 14.9 Å². The molecule has 1 fully saturated rings. The van der Waals surface area contributed by atoms with Crippen LogP contribution in [0.15, 0.2) is 54.9 Å². The highest BCUT2D eigenvalue weighted by atomic mass is 16.2. The van der Waals surface area contributed by atoms with E-state index in [0.29, 0.717) is 0 Å². The number of nitriles is 1. The largest absolute Gasteiger partial charge is 0.372 e. The van der Waals surface area contributed by atoms with E-state index in [0.717, 1.165) is 24.3 Å². The third kappa shape index (κ3) is 3.54. The molecule has 0 radical (unpaired) electrons. The van der Waals surface area contributed by atoms with E-state index in [4.69, 9.17) is 0 Å². The fraction of sp³-hybridized carbons (Fsp3) is 0.333. The zero-order valence-electron chi connectivity index (χ0n) is 15.5. The molecule has 1 aliphatic heterocycles. The number of piperidine rings is 1. The van der Waals surface area contributed by atoms with Crippen molar-refractivity contribution in [2.24, 2.45) is 5.92 Å². The summed E-state index contributed by atoms with van der Waals surface area (Å²) < 4.78 is 1.76. The Morgan fingerprint density at radius 2 is 1.67 bits per heavy atom. The number of nitrogens with one attached hydrogen (secondary N) is 1. The van der Waals surface area contributed by atoms with Crippen molar-refractivity contribution in [1.29, 1.82) is 5.26 Å². The highest BCUT2D eigenvalue weighted by Crippen LogP contribution is 2.36. The van der Waals surface area contributed by atoms with Crippen LogP contribution in [0.25, 0.3) is 0 Å². The lowest BCUT2D eigenvalue weighted by Gasteiger charge is -2.30. The molecule has 3 atom stereocenters. The molecule has 6 nitrogen and oxygen atoms in total. The minimum absolute atomic E-state index is 0.388. The Morgan fingerprint density at radius 1 is 1.04 bits per heavy atom. The van der Waals surface area contributed by atoms with Gasteiger partial charge >= 0.3 is 0 Å². The number of pyridine rings is 1. The summed E-state index contributed by atoms with van der Waals surface area (Å²) in [6, 6.07) is 14.8. The molecule has 0 spiro atoms. The molecule has 1 N–H and O–H groups in total. The van der Waals surface area contributed by atoms with E-state index in [9.17, 15) is 14.9 Å². The van der Waals surface area contributed by atoms with Gasteiger partial charge in [0.25, 0.3) is 5.91 Å². The number of imide groups is 1. The van der Waals surface area contributed by atoms with Crippen molar-refractivity contribution in [2.75, 3.05) is 18.0 Å². The van der Waals surface area contributed by atoms with Gasteiger partial charge in [-0.2, -0.15) is 9.83 Å². The molecule has 2 amide bonds. The van der Waals surface area contributed by atoms with Crippen LogP contribution in [0.2, 0.25) is 0 Å². The predicted molar refractivity (Wildman–Crippen MR) is 101 cm³/mol. The van der Waals surface area contributed by atoms with Crippen LogP contribution in [0.5, 0.6) is 0 Å². The Balaban J connectivity index is 2.05. The molecule has 1 saturated heterocycles. The van der Waals surface area contributed by atoms with Crippen molar-refractivity contribution >= 4 is 17.5 Å². The van der Waals surface area contributed by atoms with Crippen molar-refractivity contribution in [3.05, 3.63) is 60.4 Å². The summed E-state index contributed by atoms with van der Waals surface area (Å²) in [6.07, 6.45) is 3.57. The number of amides is 2. The first-order chi connectivity index (χ1) is 13.1.